The number of fused-ring (bicyclic) bond motifs is 11. The SMILES string of the molecule is C/C=C\C(=C/C)n1c2ccc(-c3cccc4c3oc3ccccc34)cc2c2cc(-n3c4ccccc4n4c5ccccc5nc34)ccc21. The molecule has 10 aromatic rings. The lowest BCUT2D eigenvalue weighted by Gasteiger charge is -2.10. The number of benzene rings is 6. The van der Waals surface area contributed by atoms with Crippen LogP contribution < -0.4 is 0 Å². The summed E-state index contributed by atoms with van der Waals surface area (Å²) in [7, 11) is 0. The second kappa shape index (κ2) is 10.1. The number of furan rings is 1. The molecule has 0 atom stereocenters. The lowest BCUT2D eigenvalue weighted by Crippen LogP contribution is -1.96. The molecule has 6 aromatic carbocycles. The van der Waals surface area contributed by atoms with Crippen molar-refractivity contribution in [1.82, 2.24) is 18.5 Å². The first-order valence-electron chi connectivity index (χ1n) is 16.4. The zero-order valence-electron chi connectivity index (χ0n) is 26.6. The van der Waals surface area contributed by atoms with E-state index < -0.39 is 0 Å². The van der Waals surface area contributed by atoms with Gasteiger partial charge in [-0.3, -0.25) is 8.97 Å². The van der Waals surface area contributed by atoms with Crippen LogP contribution >= 0.6 is 0 Å². The molecule has 228 valence electrons. The molecule has 0 fully saturated rings. The molecule has 0 saturated carbocycles. The van der Waals surface area contributed by atoms with Crippen LogP contribution in [0.1, 0.15) is 13.8 Å². The maximum atomic E-state index is 6.47. The van der Waals surface area contributed by atoms with Gasteiger partial charge < -0.3 is 8.98 Å². The van der Waals surface area contributed by atoms with Crippen LogP contribution in [0.5, 0.6) is 0 Å². The van der Waals surface area contributed by atoms with Gasteiger partial charge in [0.25, 0.3) is 0 Å². The Labute approximate surface area is 275 Å². The molecule has 0 spiro atoms. The Balaban J connectivity index is 1.28. The van der Waals surface area contributed by atoms with E-state index in [2.05, 4.69) is 161 Å². The highest BCUT2D eigenvalue weighted by Gasteiger charge is 2.20. The summed E-state index contributed by atoms with van der Waals surface area (Å²) < 4.78 is 13.4. The number of rotatable bonds is 4. The van der Waals surface area contributed by atoms with Crippen LogP contribution in [0.25, 0.3) is 94.1 Å². The van der Waals surface area contributed by atoms with Crippen molar-refractivity contribution in [3.63, 3.8) is 0 Å². The van der Waals surface area contributed by atoms with Gasteiger partial charge in [0.15, 0.2) is 0 Å². The largest absolute Gasteiger partial charge is 0.455 e. The summed E-state index contributed by atoms with van der Waals surface area (Å²) in [5.41, 5.74) is 12.9. The van der Waals surface area contributed by atoms with Crippen LogP contribution in [0.15, 0.2) is 150 Å². The van der Waals surface area contributed by atoms with Crippen molar-refractivity contribution in [3.05, 3.63) is 146 Å². The smallest absolute Gasteiger partial charge is 0.220 e. The quantitative estimate of drug-likeness (QED) is 0.184. The third kappa shape index (κ3) is 3.64. The van der Waals surface area contributed by atoms with Crippen molar-refractivity contribution in [2.24, 2.45) is 0 Å². The molecule has 48 heavy (non-hydrogen) atoms. The first-order valence-corrected chi connectivity index (χ1v) is 16.4. The van der Waals surface area contributed by atoms with Gasteiger partial charge in [-0.15, -0.1) is 0 Å². The molecule has 5 heteroatoms. The van der Waals surface area contributed by atoms with Gasteiger partial charge in [0, 0.05) is 38.5 Å². The Kier molecular flexibility index (Phi) is 5.64. The number of nitrogens with zero attached hydrogens (tertiary/aromatic N) is 4. The normalized spacial score (nSPS) is 12.8. The van der Waals surface area contributed by atoms with E-state index in [0.717, 1.165) is 83.3 Å². The topological polar surface area (TPSA) is 40.3 Å². The number of hydrogen-bond acceptors (Lipinski definition) is 2. The summed E-state index contributed by atoms with van der Waals surface area (Å²) in [5.74, 6) is 0.904. The van der Waals surface area contributed by atoms with Crippen LogP contribution in [0.2, 0.25) is 0 Å². The fraction of sp³-hybridized carbons (Fsp3) is 0.0465. The van der Waals surface area contributed by atoms with Crippen LogP contribution in [-0.4, -0.2) is 18.5 Å². The Hall–Kier alpha value is -6.33. The lowest BCUT2D eigenvalue weighted by atomic mass is 10.00. The minimum Gasteiger partial charge on any atom is -0.455 e. The van der Waals surface area contributed by atoms with Gasteiger partial charge in [-0.2, -0.15) is 0 Å². The predicted octanol–water partition coefficient (Wildman–Crippen LogP) is 11.5. The molecule has 0 amide bonds. The Morgan fingerprint density at radius 3 is 2.21 bits per heavy atom. The summed E-state index contributed by atoms with van der Waals surface area (Å²) >= 11 is 0. The van der Waals surface area contributed by atoms with Crippen LogP contribution in [0.3, 0.4) is 0 Å². The van der Waals surface area contributed by atoms with Crippen molar-refractivity contribution in [2.45, 2.75) is 13.8 Å². The van der Waals surface area contributed by atoms with Crippen molar-refractivity contribution in [3.8, 4) is 16.8 Å². The van der Waals surface area contributed by atoms with E-state index in [1.165, 1.54) is 10.8 Å². The molecule has 5 nitrogen and oxygen atoms in total. The molecule has 0 aliphatic rings. The van der Waals surface area contributed by atoms with Crippen molar-refractivity contribution in [2.75, 3.05) is 0 Å². The second-order valence-corrected chi connectivity index (χ2v) is 12.3. The minimum atomic E-state index is 0.904. The van der Waals surface area contributed by atoms with E-state index in [4.69, 9.17) is 9.40 Å². The van der Waals surface area contributed by atoms with E-state index in [1.54, 1.807) is 0 Å². The van der Waals surface area contributed by atoms with Crippen LogP contribution in [-0.2, 0) is 0 Å². The molecule has 0 saturated heterocycles. The van der Waals surface area contributed by atoms with E-state index in [-0.39, 0.29) is 0 Å². The highest BCUT2D eigenvalue weighted by atomic mass is 16.3. The van der Waals surface area contributed by atoms with E-state index in [1.807, 2.05) is 12.1 Å². The van der Waals surface area contributed by atoms with E-state index >= 15 is 0 Å². The fourth-order valence-electron chi connectivity index (χ4n) is 7.65. The van der Waals surface area contributed by atoms with Crippen molar-refractivity contribution in [1.29, 1.82) is 0 Å². The molecule has 0 radical (unpaired) electrons. The first kappa shape index (κ1) is 26.8. The molecule has 10 rings (SSSR count). The number of hydrogen-bond donors (Lipinski definition) is 0. The number of aromatic nitrogens is 4. The third-order valence-corrected chi connectivity index (χ3v) is 9.72. The Morgan fingerprint density at radius 2 is 1.35 bits per heavy atom. The summed E-state index contributed by atoms with van der Waals surface area (Å²) in [6, 6.07) is 45.3. The van der Waals surface area contributed by atoms with Gasteiger partial charge in [-0.1, -0.05) is 78.9 Å². The standard InChI is InChI=1S/C43H30N4O/c1-3-12-28(4-2)45-36-23-21-27(30-14-11-15-32-31-13-5-10-20-41(31)48-42(30)32)25-33(36)34-26-29(22-24-37(34)45)46-39-18-8-9-19-40(39)47-38-17-7-6-16-35(38)44-43(46)47/h3-26H,1-2H3/b12-3-,28-4+. The molecule has 0 unspecified atom stereocenters. The van der Waals surface area contributed by atoms with Crippen LogP contribution in [0.4, 0.5) is 0 Å². The Bertz CT molecular complexity index is 2980. The molecule has 0 N–H and O–H groups in total. The molecular weight excluding hydrogens is 589 g/mol. The summed E-state index contributed by atoms with van der Waals surface area (Å²) in [6.45, 7) is 4.17. The molecule has 4 aromatic heterocycles. The highest BCUT2D eigenvalue weighted by Crippen LogP contribution is 2.40. The monoisotopic (exact) mass is 618 g/mol. The maximum Gasteiger partial charge on any atom is 0.220 e. The van der Waals surface area contributed by atoms with Gasteiger partial charge in [-0.25, -0.2) is 4.98 Å². The molecular formula is C43H30N4O. The van der Waals surface area contributed by atoms with Gasteiger partial charge in [0.05, 0.1) is 33.1 Å². The van der Waals surface area contributed by atoms with E-state index in [0.29, 0.717) is 0 Å². The van der Waals surface area contributed by atoms with Crippen molar-refractivity contribution >= 4 is 77.3 Å². The third-order valence-electron chi connectivity index (χ3n) is 9.72. The highest BCUT2D eigenvalue weighted by molar-refractivity contribution is 6.14. The van der Waals surface area contributed by atoms with Gasteiger partial charge in [0.2, 0.25) is 5.78 Å². The summed E-state index contributed by atoms with van der Waals surface area (Å²) in [4.78, 5) is 5.13. The summed E-state index contributed by atoms with van der Waals surface area (Å²) in [5, 5.41) is 4.63. The van der Waals surface area contributed by atoms with Crippen molar-refractivity contribution < 1.29 is 4.42 Å². The minimum absolute atomic E-state index is 0.904. The van der Waals surface area contributed by atoms with Crippen LogP contribution in [0, 0.1) is 0 Å². The fourth-order valence-corrected chi connectivity index (χ4v) is 7.65. The zero-order valence-corrected chi connectivity index (χ0v) is 26.6. The number of para-hydroxylation sites is 6. The predicted molar refractivity (Wildman–Crippen MR) is 200 cm³/mol. The lowest BCUT2D eigenvalue weighted by molar-refractivity contribution is 0.670. The average molecular weight is 619 g/mol. The average Bonchev–Trinajstić information content (AvgIpc) is 3.87. The number of allylic oxidation sites excluding steroid dienone is 4. The first-order chi connectivity index (χ1) is 23.7. The zero-order chi connectivity index (χ0) is 31.9. The molecule has 0 aliphatic heterocycles. The van der Waals surface area contributed by atoms with Gasteiger partial charge in [-0.05, 0) is 86.2 Å². The molecule has 4 heterocycles. The molecule has 0 bridgehead atoms. The molecule has 0 aliphatic carbocycles. The second-order valence-electron chi connectivity index (χ2n) is 12.3. The number of imidazole rings is 2. The maximum absolute atomic E-state index is 6.47. The van der Waals surface area contributed by atoms with Gasteiger partial charge in [0.1, 0.15) is 11.2 Å². The Morgan fingerprint density at radius 1 is 0.625 bits per heavy atom. The van der Waals surface area contributed by atoms with Gasteiger partial charge >= 0.3 is 0 Å². The van der Waals surface area contributed by atoms with E-state index in [9.17, 15) is 0 Å². The summed E-state index contributed by atoms with van der Waals surface area (Å²) in [6.07, 6.45) is 6.45.